The summed E-state index contributed by atoms with van der Waals surface area (Å²) >= 11 is 0. The van der Waals surface area contributed by atoms with Gasteiger partial charge in [0.2, 0.25) is 0 Å². The number of nitrogens with one attached hydrogen (secondary N) is 2. The van der Waals surface area contributed by atoms with E-state index in [9.17, 15) is 9.90 Å². The number of benzene rings is 1. The molecule has 6 nitrogen and oxygen atoms in total. The Hall–Kier alpha value is -2.05. The van der Waals surface area contributed by atoms with Crippen LogP contribution in [0.5, 0.6) is 5.75 Å². The average molecular weight is 323 g/mol. The fraction of sp³-hybridized carbons (Fsp3) is 0.333. The zero-order valence-corrected chi connectivity index (χ0v) is 12.8. The van der Waals surface area contributed by atoms with Gasteiger partial charge in [-0.2, -0.15) is 5.10 Å². The molecule has 3 N–H and O–H groups in total. The molecule has 1 aliphatic heterocycles. The number of hydrogen-bond donors (Lipinski definition) is 3. The van der Waals surface area contributed by atoms with Crippen LogP contribution in [-0.2, 0) is 0 Å². The minimum atomic E-state index is -0.325. The van der Waals surface area contributed by atoms with E-state index in [4.69, 9.17) is 0 Å². The van der Waals surface area contributed by atoms with E-state index >= 15 is 0 Å². The molecule has 2 heterocycles. The van der Waals surface area contributed by atoms with Gasteiger partial charge in [0.15, 0.2) is 11.4 Å². The first-order chi connectivity index (χ1) is 10.2. The fourth-order valence-electron chi connectivity index (χ4n) is 2.46. The molecular weight excluding hydrogens is 304 g/mol. The van der Waals surface area contributed by atoms with Gasteiger partial charge in [0.05, 0.1) is 11.9 Å². The lowest BCUT2D eigenvalue weighted by atomic mass is 10.1. The Balaban J connectivity index is 0.00000176. The van der Waals surface area contributed by atoms with Gasteiger partial charge in [-0.15, -0.1) is 12.4 Å². The van der Waals surface area contributed by atoms with E-state index < -0.39 is 0 Å². The largest absolute Gasteiger partial charge is 0.504 e. The Labute approximate surface area is 134 Å². The SMILES string of the molecule is Cl.O=C(NC1CCNCC1)c1nn(-c2ccccc2)cc1O. The lowest BCUT2D eigenvalue weighted by Crippen LogP contribution is -2.42. The fourth-order valence-corrected chi connectivity index (χ4v) is 2.46. The minimum Gasteiger partial charge on any atom is -0.504 e. The molecule has 0 aliphatic carbocycles. The van der Waals surface area contributed by atoms with Crippen molar-refractivity contribution in [3.05, 3.63) is 42.2 Å². The predicted octanol–water partition coefficient (Wildman–Crippen LogP) is 1.48. The predicted molar refractivity (Wildman–Crippen MR) is 85.8 cm³/mol. The van der Waals surface area contributed by atoms with Crippen molar-refractivity contribution in [2.45, 2.75) is 18.9 Å². The van der Waals surface area contributed by atoms with Gasteiger partial charge in [-0.1, -0.05) is 18.2 Å². The van der Waals surface area contributed by atoms with E-state index in [1.807, 2.05) is 30.3 Å². The molecule has 1 fully saturated rings. The molecule has 1 saturated heterocycles. The van der Waals surface area contributed by atoms with Crippen molar-refractivity contribution in [3.63, 3.8) is 0 Å². The van der Waals surface area contributed by atoms with Gasteiger partial charge in [-0.25, -0.2) is 4.68 Å². The minimum absolute atomic E-state index is 0. The van der Waals surface area contributed by atoms with Crippen molar-refractivity contribution in [1.82, 2.24) is 20.4 Å². The maximum atomic E-state index is 12.2. The number of carbonyl (C=O) groups is 1. The molecule has 0 atom stereocenters. The Morgan fingerprint density at radius 1 is 1.27 bits per heavy atom. The van der Waals surface area contributed by atoms with E-state index in [-0.39, 0.29) is 35.8 Å². The molecule has 1 aliphatic rings. The maximum Gasteiger partial charge on any atom is 0.275 e. The molecule has 7 heteroatoms. The van der Waals surface area contributed by atoms with Gasteiger partial charge < -0.3 is 15.7 Å². The van der Waals surface area contributed by atoms with Crippen molar-refractivity contribution < 1.29 is 9.90 Å². The lowest BCUT2D eigenvalue weighted by molar-refractivity contribution is 0.0921. The molecule has 0 unspecified atom stereocenters. The molecule has 2 aromatic rings. The average Bonchev–Trinajstić information content (AvgIpc) is 2.91. The summed E-state index contributed by atoms with van der Waals surface area (Å²) < 4.78 is 1.51. The van der Waals surface area contributed by atoms with E-state index in [0.717, 1.165) is 31.6 Å². The van der Waals surface area contributed by atoms with Gasteiger partial charge in [0, 0.05) is 6.04 Å². The van der Waals surface area contributed by atoms with Crippen LogP contribution in [0, 0.1) is 0 Å². The summed E-state index contributed by atoms with van der Waals surface area (Å²) in [6, 6.07) is 9.52. The lowest BCUT2D eigenvalue weighted by Gasteiger charge is -2.23. The summed E-state index contributed by atoms with van der Waals surface area (Å²) in [6.07, 6.45) is 3.24. The number of carbonyl (C=O) groups excluding carboxylic acids is 1. The summed E-state index contributed by atoms with van der Waals surface area (Å²) in [5.41, 5.74) is 0.867. The third kappa shape index (κ3) is 3.58. The molecule has 0 spiro atoms. The molecule has 1 amide bonds. The standard InChI is InChI=1S/C15H18N4O2.ClH/c20-13-10-19(12-4-2-1-3-5-12)18-14(13)15(21)17-11-6-8-16-9-7-11;/h1-5,10-11,16,20H,6-9H2,(H,17,21);1H. The van der Waals surface area contributed by atoms with E-state index in [1.54, 1.807) is 0 Å². The van der Waals surface area contributed by atoms with E-state index in [1.165, 1.54) is 10.9 Å². The highest BCUT2D eigenvalue weighted by Gasteiger charge is 2.21. The first-order valence-electron chi connectivity index (χ1n) is 7.09. The van der Waals surface area contributed by atoms with Crippen LogP contribution in [-0.4, -0.2) is 39.9 Å². The number of rotatable bonds is 3. The number of para-hydroxylation sites is 1. The number of hydrogen-bond acceptors (Lipinski definition) is 4. The highest BCUT2D eigenvalue weighted by atomic mass is 35.5. The quantitative estimate of drug-likeness (QED) is 0.800. The number of aromatic nitrogens is 2. The van der Waals surface area contributed by atoms with Crippen LogP contribution >= 0.6 is 12.4 Å². The van der Waals surface area contributed by atoms with Crippen LogP contribution in [0.4, 0.5) is 0 Å². The molecular formula is C15H19ClN4O2. The molecule has 0 bridgehead atoms. The third-order valence-corrected chi connectivity index (χ3v) is 3.61. The first kappa shape index (κ1) is 16.3. The van der Waals surface area contributed by atoms with Crippen molar-refractivity contribution in [1.29, 1.82) is 0 Å². The Kier molecular flexibility index (Phi) is 5.41. The number of aromatic hydroxyl groups is 1. The monoisotopic (exact) mass is 322 g/mol. The molecule has 1 aromatic heterocycles. The highest BCUT2D eigenvalue weighted by Crippen LogP contribution is 2.18. The van der Waals surface area contributed by atoms with Gasteiger partial charge >= 0.3 is 0 Å². The van der Waals surface area contributed by atoms with E-state index in [2.05, 4.69) is 15.7 Å². The number of nitrogens with zero attached hydrogens (tertiary/aromatic N) is 2. The van der Waals surface area contributed by atoms with E-state index in [0.29, 0.717) is 0 Å². The van der Waals surface area contributed by atoms with Crippen LogP contribution in [0.15, 0.2) is 36.5 Å². The molecule has 0 saturated carbocycles. The van der Waals surface area contributed by atoms with Crippen LogP contribution in [0.1, 0.15) is 23.3 Å². The van der Waals surface area contributed by atoms with Gasteiger partial charge in [-0.05, 0) is 38.1 Å². The summed E-state index contributed by atoms with van der Waals surface area (Å²) in [7, 11) is 0. The van der Waals surface area contributed by atoms with Crippen LogP contribution in [0.2, 0.25) is 0 Å². The number of piperidine rings is 1. The molecule has 0 radical (unpaired) electrons. The summed E-state index contributed by atoms with van der Waals surface area (Å²) in [5, 5.41) is 20.3. The number of amides is 1. The second kappa shape index (κ2) is 7.29. The van der Waals surface area contributed by atoms with Crippen LogP contribution in [0.3, 0.4) is 0 Å². The Morgan fingerprint density at radius 3 is 2.64 bits per heavy atom. The zero-order valence-electron chi connectivity index (χ0n) is 12.0. The second-order valence-electron chi connectivity index (χ2n) is 5.14. The van der Waals surface area contributed by atoms with Crippen LogP contribution in [0.25, 0.3) is 5.69 Å². The third-order valence-electron chi connectivity index (χ3n) is 3.61. The second-order valence-corrected chi connectivity index (χ2v) is 5.14. The van der Waals surface area contributed by atoms with Crippen molar-refractivity contribution >= 4 is 18.3 Å². The van der Waals surface area contributed by atoms with Gasteiger partial charge in [-0.3, -0.25) is 4.79 Å². The van der Waals surface area contributed by atoms with Crippen molar-refractivity contribution in [2.24, 2.45) is 0 Å². The highest BCUT2D eigenvalue weighted by molar-refractivity contribution is 5.95. The zero-order chi connectivity index (χ0) is 14.7. The van der Waals surface area contributed by atoms with Crippen LogP contribution < -0.4 is 10.6 Å². The van der Waals surface area contributed by atoms with Crippen molar-refractivity contribution in [2.75, 3.05) is 13.1 Å². The summed E-state index contributed by atoms with van der Waals surface area (Å²) in [5.74, 6) is -0.431. The Morgan fingerprint density at radius 2 is 1.95 bits per heavy atom. The van der Waals surface area contributed by atoms with Gasteiger partial charge in [0.1, 0.15) is 0 Å². The molecule has 3 rings (SSSR count). The molecule has 118 valence electrons. The summed E-state index contributed by atoms with van der Waals surface area (Å²) in [6.45, 7) is 1.80. The van der Waals surface area contributed by atoms with Crippen molar-refractivity contribution in [3.8, 4) is 11.4 Å². The van der Waals surface area contributed by atoms with Gasteiger partial charge in [0.25, 0.3) is 5.91 Å². The smallest absolute Gasteiger partial charge is 0.275 e. The first-order valence-corrected chi connectivity index (χ1v) is 7.09. The maximum absolute atomic E-state index is 12.2. The topological polar surface area (TPSA) is 79.2 Å². The summed E-state index contributed by atoms with van der Waals surface area (Å²) in [4.78, 5) is 12.2. The molecule has 22 heavy (non-hydrogen) atoms. The molecule has 1 aromatic carbocycles. The normalized spacial score (nSPS) is 15.1. The Bertz CT molecular complexity index is 624. The number of halogens is 1.